The maximum absolute atomic E-state index is 11.7. The number of aliphatic hydroxyl groups excluding tert-OH is 1. The van der Waals surface area contributed by atoms with E-state index in [0.717, 1.165) is 18.7 Å². The second kappa shape index (κ2) is 6.47. The Morgan fingerprint density at radius 2 is 2.38 bits per heavy atom. The Morgan fingerprint density at radius 1 is 1.69 bits per heavy atom. The first-order chi connectivity index (χ1) is 7.54. The molecule has 1 heterocycles. The molecule has 0 aliphatic carbocycles. The van der Waals surface area contributed by atoms with Crippen LogP contribution in [0, 0.1) is 0 Å². The third-order valence-corrected chi connectivity index (χ3v) is 3.26. The Morgan fingerprint density at radius 3 is 2.94 bits per heavy atom. The monoisotopic (exact) mass is 247 g/mol. The number of carbonyl (C=O) groups excluding carboxylic acids is 1. The van der Waals surface area contributed by atoms with Gasteiger partial charge in [0, 0.05) is 13.1 Å². The SMILES string of the molecule is CSCCC1C(=O)OC(C)CN1CC(C)O. The van der Waals surface area contributed by atoms with E-state index in [1.165, 1.54) is 0 Å². The van der Waals surface area contributed by atoms with Gasteiger partial charge in [0.1, 0.15) is 12.1 Å². The Labute approximate surface area is 101 Å². The number of esters is 1. The number of hydrogen-bond acceptors (Lipinski definition) is 5. The van der Waals surface area contributed by atoms with Crippen LogP contribution in [0.4, 0.5) is 0 Å². The first kappa shape index (κ1) is 13.8. The van der Waals surface area contributed by atoms with E-state index in [0.29, 0.717) is 6.54 Å². The van der Waals surface area contributed by atoms with E-state index in [-0.39, 0.29) is 18.1 Å². The molecule has 1 rings (SSSR count). The average Bonchev–Trinajstić information content (AvgIpc) is 2.15. The van der Waals surface area contributed by atoms with Gasteiger partial charge in [-0.1, -0.05) is 0 Å². The lowest BCUT2D eigenvalue weighted by Crippen LogP contribution is -2.53. The maximum atomic E-state index is 11.7. The Hall–Kier alpha value is -0.260. The van der Waals surface area contributed by atoms with Crippen molar-refractivity contribution in [3.8, 4) is 0 Å². The van der Waals surface area contributed by atoms with E-state index in [4.69, 9.17) is 4.74 Å². The molecule has 3 unspecified atom stereocenters. The third-order valence-electron chi connectivity index (χ3n) is 2.62. The Kier molecular flexibility index (Phi) is 5.58. The van der Waals surface area contributed by atoms with Crippen LogP contribution in [0.2, 0.25) is 0 Å². The lowest BCUT2D eigenvalue weighted by Gasteiger charge is -2.37. The van der Waals surface area contributed by atoms with Gasteiger partial charge in [-0.05, 0) is 32.3 Å². The first-order valence-electron chi connectivity index (χ1n) is 5.66. The van der Waals surface area contributed by atoms with Gasteiger partial charge in [0.05, 0.1) is 6.10 Å². The van der Waals surface area contributed by atoms with Crippen LogP contribution in [-0.4, -0.2) is 59.3 Å². The van der Waals surface area contributed by atoms with Gasteiger partial charge < -0.3 is 9.84 Å². The summed E-state index contributed by atoms with van der Waals surface area (Å²) < 4.78 is 5.24. The summed E-state index contributed by atoms with van der Waals surface area (Å²) in [6.07, 6.45) is 2.33. The molecule has 1 aliphatic heterocycles. The number of β-amino-alcohol motifs (C(OH)–C–C–N with tert-alkyl or cyclic N) is 1. The largest absolute Gasteiger partial charge is 0.460 e. The number of nitrogens with zero attached hydrogens (tertiary/aromatic N) is 1. The lowest BCUT2D eigenvalue weighted by atomic mass is 10.1. The van der Waals surface area contributed by atoms with Crippen LogP contribution in [0.15, 0.2) is 0 Å². The predicted octanol–water partition coefficient (Wildman–Crippen LogP) is 0.736. The van der Waals surface area contributed by atoms with Gasteiger partial charge in [0.15, 0.2) is 0 Å². The van der Waals surface area contributed by atoms with Crippen molar-refractivity contribution in [2.75, 3.05) is 25.1 Å². The molecule has 1 saturated heterocycles. The number of cyclic esters (lactones) is 1. The number of hydrogen-bond donors (Lipinski definition) is 1. The van der Waals surface area contributed by atoms with Crippen molar-refractivity contribution >= 4 is 17.7 Å². The summed E-state index contributed by atoms with van der Waals surface area (Å²) in [5.74, 6) is 0.790. The highest BCUT2D eigenvalue weighted by atomic mass is 32.2. The molecule has 1 fully saturated rings. The summed E-state index contributed by atoms with van der Waals surface area (Å²) in [4.78, 5) is 13.8. The number of thioether (sulfide) groups is 1. The Bertz CT molecular complexity index is 233. The molecule has 3 atom stereocenters. The van der Waals surface area contributed by atoms with Crippen LogP contribution < -0.4 is 0 Å². The van der Waals surface area contributed by atoms with Crippen LogP contribution in [-0.2, 0) is 9.53 Å². The minimum absolute atomic E-state index is 0.0724. The van der Waals surface area contributed by atoms with Gasteiger partial charge in [0.25, 0.3) is 0 Å². The van der Waals surface area contributed by atoms with Gasteiger partial charge in [-0.2, -0.15) is 11.8 Å². The topological polar surface area (TPSA) is 49.8 Å². The van der Waals surface area contributed by atoms with Gasteiger partial charge in [-0.3, -0.25) is 9.69 Å². The average molecular weight is 247 g/mol. The third kappa shape index (κ3) is 3.96. The summed E-state index contributed by atoms with van der Waals surface area (Å²) >= 11 is 1.72. The van der Waals surface area contributed by atoms with Gasteiger partial charge >= 0.3 is 5.97 Å². The van der Waals surface area contributed by atoms with Crippen LogP contribution in [0.1, 0.15) is 20.3 Å². The molecule has 16 heavy (non-hydrogen) atoms. The van der Waals surface area contributed by atoms with E-state index in [1.807, 2.05) is 18.1 Å². The molecule has 1 N–H and O–H groups in total. The predicted molar refractivity (Wildman–Crippen MR) is 65.6 cm³/mol. The summed E-state index contributed by atoms with van der Waals surface area (Å²) in [6, 6.07) is -0.182. The summed E-state index contributed by atoms with van der Waals surface area (Å²) in [6.45, 7) is 4.89. The van der Waals surface area contributed by atoms with Crippen molar-refractivity contribution in [2.24, 2.45) is 0 Å². The second-order valence-corrected chi connectivity index (χ2v) is 5.33. The first-order valence-corrected chi connectivity index (χ1v) is 7.05. The molecule has 0 radical (unpaired) electrons. The van der Waals surface area contributed by atoms with Gasteiger partial charge in [-0.15, -0.1) is 0 Å². The van der Waals surface area contributed by atoms with Crippen molar-refractivity contribution in [2.45, 2.75) is 38.5 Å². The maximum Gasteiger partial charge on any atom is 0.323 e. The normalized spacial score (nSPS) is 28.9. The van der Waals surface area contributed by atoms with Crippen molar-refractivity contribution in [1.82, 2.24) is 4.90 Å². The Balaban J connectivity index is 2.61. The number of morpholine rings is 1. The van der Waals surface area contributed by atoms with Crippen LogP contribution in [0.3, 0.4) is 0 Å². The van der Waals surface area contributed by atoms with Gasteiger partial charge in [0.2, 0.25) is 0 Å². The molecule has 0 aromatic carbocycles. The van der Waals surface area contributed by atoms with Crippen molar-refractivity contribution in [3.05, 3.63) is 0 Å². The second-order valence-electron chi connectivity index (χ2n) is 4.35. The molecule has 0 bridgehead atoms. The van der Waals surface area contributed by atoms with Crippen LogP contribution in [0.5, 0.6) is 0 Å². The highest BCUT2D eigenvalue weighted by Crippen LogP contribution is 2.17. The lowest BCUT2D eigenvalue weighted by molar-refractivity contribution is -0.165. The fourth-order valence-electron chi connectivity index (χ4n) is 1.99. The number of ether oxygens (including phenoxy) is 1. The summed E-state index contributed by atoms with van der Waals surface area (Å²) in [7, 11) is 0. The van der Waals surface area contributed by atoms with Crippen molar-refractivity contribution < 1.29 is 14.6 Å². The molecule has 1 aliphatic rings. The summed E-state index contributed by atoms with van der Waals surface area (Å²) in [5.41, 5.74) is 0. The molecule has 5 heteroatoms. The number of aliphatic hydroxyl groups is 1. The van der Waals surface area contributed by atoms with Crippen molar-refractivity contribution in [3.63, 3.8) is 0 Å². The molecular weight excluding hydrogens is 226 g/mol. The van der Waals surface area contributed by atoms with E-state index < -0.39 is 6.10 Å². The standard InChI is InChI=1S/C11H21NO3S/c1-8(13)6-12-7-9(2)15-11(14)10(12)4-5-16-3/h8-10,13H,4-7H2,1-3H3. The fraction of sp³-hybridized carbons (Fsp3) is 0.909. The molecule has 4 nitrogen and oxygen atoms in total. The highest BCUT2D eigenvalue weighted by molar-refractivity contribution is 7.98. The molecule has 94 valence electrons. The van der Waals surface area contributed by atoms with Crippen LogP contribution >= 0.6 is 11.8 Å². The molecular formula is C11H21NO3S. The molecule has 0 aromatic rings. The zero-order valence-corrected chi connectivity index (χ0v) is 11.0. The molecule has 0 spiro atoms. The minimum Gasteiger partial charge on any atom is -0.460 e. The number of carbonyl (C=O) groups is 1. The summed E-state index contributed by atoms with van der Waals surface area (Å²) in [5, 5.41) is 9.42. The molecule has 0 saturated carbocycles. The van der Waals surface area contributed by atoms with E-state index in [2.05, 4.69) is 0 Å². The smallest absolute Gasteiger partial charge is 0.323 e. The van der Waals surface area contributed by atoms with Crippen molar-refractivity contribution in [1.29, 1.82) is 0 Å². The zero-order chi connectivity index (χ0) is 12.1. The number of rotatable bonds is 5. The van der Waals surface area contributed by atoms with E-state index in [1.54, 1.807) is 18.7 Å². The van der Waals surface area contributed by atoms with Gasteiger partial charge in [-0.25, -0.2) is 0 Å². The molecule has 0 amide bonds. The van der Waals surface area contributed by atoms with E-state index in [9.17, 15) is 9.90 Å². The fourth-order valence-corrected chi connectivity index (χ4v) is 2.45. The van der Waals surface area contributed by atoms with Crippen LogP contribution in [0.25, 0.3) is 0 Å². The zero-order valence-electron chi connectivity index (χ0n) is 10.2. The van der Waals surface area contributed by atoms with E-state index >= 15 is 0 Å². The minimum atomic E-state index is -0.408. The highest BCUT2D eigenvalue weighted by Gasteiger charge is 2.34. The molecule has 0 aromatic heterocycles. The quantitative estimate of drug-likeness (QED) is 0.726.